The van der Waals surface area contributed by atoms with Crippen molar-refractivity contribution in [2.75, 3.05) is 0 Å². The summed E-state index contributed by atoms with van der Waals surface area (Å²) in [6.45, 7) is 0. The molecule has 3 heteroatoms. The highest BCUT2D eigenvalue weighted by molar-refractivity contribution is 8.05. The van der Waals surface area contributed by atoms with E-state index >= 15 is 0 Å². The first-order chi connectivity index (χ1) is 15.7. The van der Waals surface area contributed by atoms with E-state index in [-0.39, 0.29) is 22.7 Å². The molecule has 0 aliphatic carbocycles. The molecule has 0 bridgehead atoms. The molecule has 32 heavy (non-hydrogen) atoms. The van der Waals surface area contributed by atoms with Gasteiger partial charge in [-0.05, 0) is 22.8 Å². The van der Waals surface area contributed by atoms with Gasteiger partial charge in [0.1, 0.15) is 0 Å². The van der Waals surface area contributed by atoms with Gasteiger partial charge in [0.05, 0.1) is 10.2 Å². The van der Waals surface area contributed by atoms with Crippen molar-refractivity contribution < 1.29 is 9.59 Å². The summed E-state index contributed by atoms with van der Waals surface area (Å²) in [5, 5.41) is 1.99. The van der Waals surface area contributed by atoms with E-state index < -0.39 is 0 Å². The summed E-state index contributed by atoms with van der Waals surface area (Å²) < 4.78 is 0. The molecule has 0 radical (unpaired) electrons. The number of carbonyl (C=O) groups is 2. The van der Waals surface area contributed by atoms with Crippen LogP contribution in [0, 0.1) is 0 Å². The molecular formula is C29H22O2S. The summed E-state index contributed by atoms with van der Waals surface area (Å²) in [5.74, 6) is 0.0586. The molecule has 0 N–H and O–H groups in total. The van der Waals surface area contributed by atoms with Gasteiger partial charge in [-0.1, -0.05) is 109 Å². The molecule has 0 unspecified atom stereocenters. The summed E-state index contributed by atoms with van der Waals surface area (Å²) >= 11 is 1.41. The molecule has 0 spiro atoms. The lowest BCUT2D eigenvalue weighted by Crippen LogP contribution is -2.29. The standard InChI is InChI=1S/C29H22O2S/c30-27(21-10-3-1-4-11-21)26-18-17-25(24-16-15-20-9-7-8-14-23(20)19-24)29(32-26)28(31)22-12-5-2-6-13-22/h1-16,18-19,25,29H,17H2/t25-,29+/m0/s1. The summed E-state index contributed by atoms with van der Waals surface area (Å²) in [7, 11) is 0. The third-order valence-corrected chi connectivity index (χ3v) is 7.36. The first-order valence-electron chi connectivity index (χ1n) is 10.8. The Bertz CT molecular complexity index is 1310. The van der Waals surface area contributed by atoms with Crippen LogP contribution < -0.4 is 0 Å². The van der Waals surface area contributed by atoms with E-state index in [1.807, 2.05) is 78.9 Å². The quantitative estimate of drug-likeness (QED) is 0.315. The zero-order valence-corrected chi connectivity index (χ0v) is 18.3. The normalized spacial score (nSPS) is 18.2. The Labute approximate surface area is 192 Å². The van der Waals surface area contributed by atoms with Crippen LogP contribution in [0.3, 0.4) is 0 Å². The lowest BCUT2D eigenvalue weighted by Gasteiger charge is -2.30. The Hall–Kier alpha value is -3.43. The van der Waals surface area contributed by atoms with Crippen LogP contribution in [-0.2, 0) is 0 Å². The topological polar surface area (TPSA) is 34.1 Å². The van der Waals surface area contributed by atoms with Crippen LogP contribution in [0.1, 0.15) is 38.6 Å². The molecule has 0 saturated carbocycles. The molecule has 2 atom stereocenters. The maximum Gasteiger partial charge on any atom is 0.199 e. The number of allylic oxidation sites excluding steroid dienone is 2. The van der Waals surface area contributed by atoms with E-state index in [9.17, 15) is 9.59 Å². The number of benzene rings is 4. The van der Waals surface area contributed by atoms with Crippen molar-refractivity contribution in [2.45, 2.75) is 17.6 Å². The minimum Gasteiger partial charge on any atom is -0.293 e. The Morgan fingerprint density at radius 2 is 1.31 bits per heavy atom. The van der Waals surface area contributed by atoms with Gasteiger partial charge in [0.25, 0.3) is 0 Å². The highest BCUT2D eigenvalue weighted by Gasteiger charge is 2.36. The monoisotopic (exact) mass is 434 g/mol. The van der Waals surface area contributed by atoms with E-state index in [0.717, 1.165) is 10.9 Å². The summed E-state index contributed by atoms with van der Waals surface area (Å²) in [6.07, 6.45) is 2.66. The maximum atomic E-state index is 13.6. The van der Waals surface area contributed by atoms with Gasteiger partial charge in [-0.3, -0.25) is 9.59 Å². The highest BCUT2D eigenvalue weighted by Crippen LogP contribution is 2.43. The molecule has 1 aliphatic heterocycles. The van der Waals surface area contributed by atoms with Crippen molar-refractivity contribution >= 4 is 34.1 Å². The van der Waals surface area contributed by atoms with Crippen LogP contribution >= 0.6 is 11.8 Å². The largest absolute Gasteiger partial charge is 0.293 e. The fraction of sp³-hybridized carbons (Fsp3) is 0.103. The Kier molecular flexibility index (Phi) is 5.74. The van der Waals surface area contributed by atoms with Gasteiger partial charge < -0.3 is 0 Å². The molecule has 2 nitrogen and oxygen atoms in total. The highest BCUT2D eigenvalue weighted by atomic mass is 32.2. The zero-order chi connectivity index (χ0) is 21.9. The number of rotatable bonds is 5. The van der Waals surface area contributed by atoms with E-state index in [0.29, 0.717) is 22.5 Å². The minimum absolute atomic E-state index is 0.00429. The molecule has 5 rings (SSSR count). The lowest BCUT2D eigenvalue weighted by molar-refractivity contribution is 0.0980. The second-order valence-corrected chi connectivity index (χ2v) is 9.16. The van der Waals surface area contributed by atoms with Gasteiger partial charge in [0, 0.05) is 17.0 Å². The molecule has 156 valence electrons. The van der Waals surface area contributed by atoms with Crippen molar-refractivity contribution in [1.82, 2.24) is 0 Å². The van der Waals surface area contributed by atoms with Crippen LogP contribution in [0.25, 0.3) is 10.8 Å². The average molecular weight is 435 g/mol. The second kappa shape index (κ2) is 8.97. The van der Waals surface area contributed by atoms with Crippen LogP contribution in [0.4, 0.5) is 0 Å². The summed E-state index contributed by atoms with van der Waals surface area (Å²) in [5.41, 5.74) is 2.47. The van der Waals surface area contributed by atoms with Crippen molar-refractivity contribution in [3.05, 3.63) is 131 Å². The summed E-state index contributed by atoms with van der Waals surface area (Å²) in [6, 6.07) is 33.4. The molecule has 0 amide bonds. The average Bonchev–Trinajstić information content (AvgIpc) is 2.88. The zero-order valence-electron chi connectivity index (χ0n) is 17.5. The molecule has 4 aromatic rings. The molecule has 4 aromatic carbocycles. The third kappa shape index (κ3) is 4.04. The van der Waals surface area contributed by atoms with Gasteiger partial charge in [0.15, 0.2) is 11.6 Å². The number of carbonyl (C=O) groups excluding carboxylic acids is 2. The van der Waals surface area contributed by atoms with Crippen LogP contribution in [0.2, 0.25) is 0 Å². The van der Waals surface area contributed by atoms with Crippen molar-refractivity contribution in [1.29, 1.82) is 0 Å². The lowest BCUT2D eigenvalue weighted by atomic mass is 9.86. The molecule has 1 heterocycles. The number of Topliss-reactive ketones (excluding diaryl/α,β-unsaturated/α-hetero) is 2. The maximum absolute atomic E-state index is 13.6. The predicted molar refractivity (Wildman–Crippen MR) is 132 cm³/mol. The Morgan fingerprint density at radius 3 is 2.03 bits per heavy atom. The third-order valence-electron chi connectivity index (χ3n) is 5.95. The van der Waals surface area contributed by atoms with Gasteiger partial charge in [-0.25, -0.2) is 0 Å². The van der Waals surface area contributed by atoms with E-state index in [1.54, 1.807) is 0 Å². The van der Waals surface area contributed by atoms with Crippen LogP contribution in [0.15, 0.2) is 114 Å². The van der Waals surface area contributed by atoms with E-state index in [2.05, 4.69) is 30.3 Å². The minimum atomic E-state index is -0.355. The number of hydrogen-bond acceptors (Lipinski definition) is 3. The molecular weight excluding hydrogens is 412 g/mol. The SMILES string of the molecule is O=C(C1=CC[C@@H](c2ccc3ccccc3c2)[C@H](C(=O)c2ccccc2)S1)c1ccccc1. The van der Waals surface area contributed by atoms with E-state index in [1.165, 1.54) is 17.1 Å². The van der Waals surface area contributed by atoms with Gasteiger partial charge >= 0.3 is 0 Å². The van der Waals surface area contributed by atoms with Crippen LogP contribution in [-0.4, -0.2) is 16.8 Å². The van der Waals surface area contributed by atoms with Crippen molar-refractivity contribution in [3.8, 4) is 0 Å². The number of fused-ring (bicyclic) bond motifs is 1. The van der Waals surface area contributed by atoms with Crippen LogP contribution in [0.5, 0.6) is 0 Å². The first kappa shape index (κ1) is 20.5. The first-order valence-corrected chi connectivity index (χ1v) is 11.6. The second-order valence-electron chi connectivity index (χ2n) is 7.98. The predicted octanol–water partition coefficient (Wildman–Crippen LogP) is 7.08. The van der Waals surface area contributed by atoms with Crippen molar-refractivity contribution in [2.24, 2.45) is 0 Å². The molecule has 0 saturated heterocycles. The fourth-order valence-corrected chi connectivity index (χ4v) is 5.62. The van der Waals surface area contributed by atoms with Crippen molar-refractivity contribution in [3.63, 3.8) is 0 Å². The number of hydrogen-bond donors (Lipinski definition) is 0. The van der Waals surface area contributed by atoms with Gasteiger partial charge in [-0.2, -0.15) is 0 Å². The van der Waals surface area contributed by atoms with E-state index in [4.69, 9.17) is 0 Å². The smallest absolute Gasteiger partial charge is 0.199 e. The van der Waals surface area contributed by atoms with Gasteiger partial charge in [0.2, 0.25) is 0 Å². The Morgan fingerprint density at radius 1 is 0.688 bits per heavy atom. The fourth-order valence-electron chi connectivity index (χ4n) is 4.25. The van der Waals surface area contributed by atoms with Gasteiger partial charge in [-0.15, -0.1) is 11.8 Å². The Balaban J connectivity index is 1.53. The number of thioether (sulfide) groups is 1. The molecule has 0 fully saturated rings. The molecule has 1 aliphatic rings. The summed E-state index contributed by atoms with van der Waals surface area (Å²) in [4.78, 5) is 27.4. The number of ketones is 2. The molecule has 0 aromatic heterocycles.